The lowest BCUT2D eigenvalue weighted by Gasteiger charge is -2.07. The van der Waals surface area contributed by atoms with Crippen LogP contribution in [-0.2, 0) is 12.6 Å². The van der Waals surface area contributed by atoms with Gasteiger partial charge >= 0.3 is 6.18 Å². The number of para-hydroxylation sites is 1. The maximum Gasteiger partial charge on any atom is 0.453 e. The third kappa shape index (κ3) is 2.89. The van der Waals surface area contributed by atoms with Gasteiger partial charge in [0.25, 0.3) is 11.7 Å². The van der Waals surface area contributed by atoms with Crippen molar-refractivity contribution < 1.29 is 18.0 Å². The van der Waals surface area contributed by atoms with Gasteiger partial charge < -0.3 is 5.32 Å². The molecule has 3 aromatic rings. The van der Waals surface area contributed by atoms with Crippen molar-refractivity contribution in [2.75, 3.05) is 5.32 Å². The molecule has 1 amide bonds. The zero-order valence-electron chi connectivity index (χ0n) is 11.8. The van der Waals surface area contributed by atoms with Crippen LogP contribution in [0.5, 0.6) is 0 Å². The summed E-state index contributed by atoms with van der Waals surface area (Å²) in [6.45, 7) is 1.93. The van der Waals surface area contributed by atoms with E-state index in [0.717, 1.165) is 16.9 Å². The van der Waals surface area contributed by atoms with Gasteiger partial charge in [0, 0.05) is 5.69 Å². The van der Waals surface area contributed by atoms with Crippen molar-refractivity contribution in [1.29, 1.82) is 0 Å². The summed E-state index contributed by atoms with van der Waals surface area (Å²) in [7, 11) is 0. The number of carbonyl (C=O) groups is 1. The number of alkyl halides is 3. The monoisotopic (exact) mass is 341 g/mol. The van der Waals surface area contributed by atoms with Gasteiger partial charge in [-0.05, 0) is 18.1 Å². The number of nitrogens with zero attached hydrogens (tertiary/aromatic N) is 4. The van der Waals surface area contributed by atoms with Crippen LogP contribution in [0.25, 0.3) is 4.96 Å². The Morgan fingerprint density at radius 3 is 2.74 bits per heavy atom. The first-order valence-corrected chi connectivity index (χ1v) is 7.40. The quantitative estimate of drug-likeness (QED) is 0.795. The summed E-state index contributed by atoms with van der Waals surface area (Å²) in [4.78, 5) is 12.1. The molecule has 0 aliphatic rings. The van der Waals surface area contributed by atoms with E-state index < -0.39 is 17.9 Å². The highest BCUT2D eigenvalue weighted by Gasteiger charge is 2.38. The highest BCUT2D eigenvalue weighted by molar-refractivity contribution is 7.18. The number of halogens is 3. The molecule has 2 heterocycles. The van der Waals surface area contributed by atoms with Gasteiger partial charge in [0.1, 0.15) is 0 Å². The van der Waals surface area contributed by atoms with Crippen LogP contribution < -0.4 is 5.32 Å². The summed E-state index contributed by atoms with van der Waals surface area (Å²) in [5, 5.41) is 12.6. The van der Waals surface area contributed by atoms with Gasteiger partial charge in [-0.1, -0.05) is 36.5 Å². The number of nitrogens with one attached hydrogen (secondary N) is 1. The Morgan fingerprint density at radius 1 is 1.30 bits per heavy atom. The van der Waals surface area contributed by atoms with Crippen molar-refractivity contribution in [1.82, 2.24) is 19.8 Å². The minimum atomic E-state index is -4.68. The molecule has 0 saturated carbocycles. The fourth-order valence-electron chi connectivity index (χ4n) is 2.01. The van der Waals surface area contributed by atoms with E-state index in [1.165, 1.54) is 0 Å². The van der Waals surface area contributed by atoms with E-state index in [9.17, 15) is 18.0 Å². The summed E-state index contributed by atoms with van der Waals surface area (Å²) < 4.78 is 38.8. The molecular weight excluding hydrogens is 331 g/mol. The lowest BCUT2D eigenvalue weighted by atomic mass is 10.1. The Labute approximate surface area is 132 Å². The van der Waals surface area contributed by atoms with E-state index in [-0.39, 0.29) is 9.97 Å². The first kappa shape index (κ1) is 15.4. The van der Waals surface area contributed by atoms with Crippen molar-refractivity contribution >= 4 is 27.9 Å². The largest absolute Gasteiger partial charge is 0.453 e. The number of hydrogen-bond donors (Lipinski definition) is 1. The first-order chi connectivity index (χ1) is 10.9. The van der Waals surface area contributed by atoms with E-state index in [0.29, 0.717) is 16.6 Å². The molecule has 120 valence electrons. The number of fused-ring (bicyclic) bond motifs is 1. The minimum Gasteiger partial charge on any atom is -0.320 e. The fourth-order valence-corrected chi connectivity index (χ4v) is 2.75. The Balaban J connectivity index is 1.91. The van der Waals surface area contributed by atoms with Gasteiger partial charge in [0.15, 0.2) is 0 Å². The lowest BCUT2D eigenvalue weighted by Crippen LogP contribution is -2.15. The number of carbonyl (C=O) groups excluding carboxylic acids is 1. The molecule has 3 rings (SSSR count). The first-order valence-electron chi connectivity index (χ1n) is 6.59. The zero-order chi connectivity index (χ0) is 16.6. The van der Waals surface area contributed by atoms with E-state index in [2.05, 4.69) is 20.6 Å². The van der Waals surface area contributed by atoms with E-state index in [1.54, 1.807) is 12.1 Å². The van der Waals surface area contributed by atoms with Crippen LogP contribution in [0.15, 0.2) is 24.3 Å². The van der Waals surface area contributed by atoms with Crippen molar-refractivity contribution in [3.63, 3.8) is 0 Å². The number of rotatable bonds is 3. The topological polar surface area (TPSA) is 72.2 Å². The zero-order valence-corrected chi connectivity index (χ0v) is 12.6. The molecule has 0 aliphatic carbocycles. The molecule has 2 aromatic heterocycles. The van der Waals surface area contributed by atoms with Gasteiger partial charge in [0.05, 0.1) is 0 Å². The second-order valence-electron chi connectivity index (χ2n) is 4.59. The molecule has 10 heteroatoms. The standard InChI is InChI=1S/C13H10F3N5OS/c1-2-7-5-3-4-6-8(7)17-9(22)10-20-21-11(13(14,15)16)18-19-12(21)23-10/h3-6H,2H2,1H3,(H,17,22). The fraction of sp³-hybridized carbons (Fsp3) is 0.231. The predicted molar refractivity (Wildman–Crippen MR) is 77.4 cm³/mol. The Morgan fingerprint density at radius 2 is 2.04 bits per heavy atom. The predicted octanol–water partition coefficient (Wildman–Crippen LogP) is 3.02. The molecule has 23 heavy (non-hydrogen) atoms. The van der Waals surface area contributed by atoms with E-state index in [1.807, 2.05) is 19.1 Å². The molecule has 0 radical (unpaired) electrons. The van der Waals surface area contributed by atoms with Crippen molar-refractivity contribution in [3.8, 4) is 0 Å². The average Bonchev–Trinajstić information content (AvgIpc) is 3.06. The Bertz CT molecular complexity index is 870. The molecule has 1 aromatic carbocycles. The number of hydrogen-bond acceptors (Lipinski definition) is 5. The maximum absolute atomic E-state index is 12.7. The summed E-state index contributed by atoms with van der Waals surface area (Å²) in [6, 6.07) is 7.18. The number of aryl methyl sites for hydroxylation is 1. The number of amides is 1. The smallest absolute Gasteiger partial charge is 0.320 e. The third-order valence-corrected chi connectivity index (χ3v) is 3.98. The van der Waals surface area contributed by atoms with Crippen LogP contribution >= 0.6 is 11.3 Å². The molecule has 0 spiro atoms. The lowest BCUT2D eigenvalue weighted by molar-refractivity contribution is -0.146. The second-order valence-corrected chi connectivity index (χ2v) is 5.54. The highest BCUT2D eigenvalue weighted by atomic mass is 32.1. The molecule has 0 fully saturated rings. The van der Waals surface area contributed by atoms with Gasteiger partial charge in [-0.3, -0.25) is 4.79 Å². The third-order valence-electron chi connectivity index (χ3n) is 3.09. The van der Waals surface area contributed by atoms with Crippen molar-refractivity contribution in [2.24, 2.45) is 0 Å². The van der Waals surface area contributed by atoms with Crippen LogP contribution in [-0.4, -0.2) is 25.7 Å². The van der Waals surface area contributed by atoms with Crippen LogP contribution in [0, 0.1) is 0 Å². The number of benzene rings is 1. The molecular formula is C13H10F3N5OS. The molecule has 0 bridgehead atoms. The summed E-state index contributed by atoms with van der Waals surface area (Å²) in [5.74, 6) is -1.84. The van der Waals surface area contributed by atoms with Crippen LogP contribution in [0.1, 0.15) is 28.1 Å². The molecule has 0 saturated heterocycles. The molecule has 0 unspecified atom stereocenters. The van der Waals surface area contributed by atoms with E-state index in [4.69, 9.17) is 0 Å². The van der Waals surface area contributed by atoms with Crippen molar-refractivity contribution in [3.05, 3.63) is 40.7 Å². The SMILES string of the molecule is CCc1ccccc1NC(=O)c1nn2c(C(F)(F)F)nnc2s1. The number of anilines is 1. The van der Waals surface area contributed by atoms with Gasteiger partial charge in [-0.2, -0.15) is 17.7 Å². The average molecular weight is 341 g/mol. The Hall–Kier alpha value is -2.49. The van der Waals surface area contributed by atoms with Gasteiger partial charge in [-0.15, -0.1) is 15.3 Å². The molecule has 6 nitrogen and oxygen atoms in total. The van der Waals surface area contributed by atoms with Crippen LogP contribution in [0.4, 0.5) is 18.9 Å². The van der Waals surface area contributed by atoms with Gasteiger partial charge in [-0.25, -0.2) is 0 Å². The number of aromatic nitrogens is 4. The molecule has 1 N–H and O–H groups in total. The van der Waals surface area contributed by atoms with Crippen LogP contribution in [0.2, 0.25) is 0 Å². The molecule has 0 atom stereocenters. The maximum atomic E-state index is 12.7. The van der Waals surface area contributed by atoms with Gasteiger partial charge in [0.2, 0.25) is 9.97 Å². The highest BCUT2D eigenvalue weighted by Crippen LogP contribution is 2.29. The summed E-state index contributed by atoms with van der Waals surface area (Å²) >= 11 is 0.741. The summed E-state index contributed by atoms with van der Waals surface area (Å²) in [5.41, 5.74) is 1.52. The van der Waals surface area contributed by atoms with E-state index >= 15 is 0 Å². The normalized spacial score (nSPS) is 11.8. The molecule has 0 aliphatic heterocycles. The summed E-state index contributed by atoms with van der Waals surface area (Å²) in [6.07, 6.45) is -3.98. The second kappa shape index (κ2) is 5.61. The minimum absolute atomic E-state index is 0.0914. The Kier molecular flexibility index (Phi) is 3.76. The van der Waals surface area contributed by atoms with Crippen molar-refractivity contribution in [2.45, 2.75) is 19.5 Å². The van der Waals surface area contributed by atoms with Crippen LogP contribution in [0.3, 0.4) is 0 Å².